The van der Waals surface area contributed by atoms with Crippen molar-refractivity contribution in [3.63, 3.8) is 0 Å². The van der Waals surface area contributed by atoms with Crippen LogP contribution in [0.2, 0.25) is 6.04 Å². The van der Waals surface area contributed by atoms with Gasteiger partial charge in [-0.05, 0) is 119 Å². The van der Waals surface area contributed by atoms with E-state index in [1.54, 1.807) is 20.8 Å². The summed E-state index contributed by atoms with van der Waals surface area (Å²) in [5, 5.41) is 5.10. The molecule has 54 heavy (non-hydrogen) atoms. The highest BCUT2D eigenvalue weighted by Gasteiger charge is 2.39. The largest absolute Gasteiger partial charge is 0.500 e. The van der Waals surface area contributed by atoms with Gasteiger partial charge in [0.15, 0.2) is 0 Å². The van der Waals surface area contributed by atoms with Crippen molar-refractivity contribution in [1.82, 2.24) is 10.6 Å². The number of carbonyl (C=O) groups excluding carboxylic acids is 3. The lowest BCUT2D eigenvalue weighted by Gasteiger charge is -2.28. The molecular weight excluding hydrogens is 746 g/mol. The summed E-state index contributed by atoms with van der Waals surface area (Å²) < 4.78 is 33.1. The van der Waals surface area contributed by atoms with Crippen LogP contribution in [0.25, 0.3) is 0 Å². The number of hydrogen-bond acceptors (Lipinski definition) is 10. The fourth-order valence-electron chi connectivity index (χ4n) is 3.41. The summed E-state index contributed by atoms with van der Waals surface area (Å²) in [7, 11) is -4.23. The minimum atomic E-state index is -2.50. The van der Waals surface area contributed by atoms with Crippen LogP contribution in [0.4, 0.5) is 0 Å². The fourth-order valence-corrected chi connectivity index (χ4v) is 7.20. The molecule has 15 heteroatoms. The van der Waals surface area contributed by atoms with Gasteiger partial charge in [0.2, 0.25) is 17.1 Å². The highest BCUT2D eigenvalue weighted by atomic mass is 35.5. The van der Waals surface area contributed by atoms with Gasteiger partial charge in [0.25, 0.3) is 0 Å². The van der Waals surface area contributed by atoms with Crippen molar-refractivity contribution in [3.05, 3.63) is 61.8 Å². The molecular formula is C39H78ClN3O9Si2. The molecule has 0 rings (SSSR count). The average molecular weight is 825 g/mol. The van der Waals surface area contributed by atoms with Gasteiger partial charge in [-0.2, -0.15) is 0 Å². The van der Waals surface area contributed by atoms with E-state index in [1.165, 1.54) is 0 Å². The molecule has 0 fully saturated rings. The van der Waals surface area contributed by atoms with Gasteiger partial charge in [-0.1, -0.05) is 38.3 Å². The van der Waals surface area contributed by atoms with Crippen LogP contribution in [-0.2, 0) is 40.9 Å². The summed E-state index contributed by atoms with van der Waals surface area (Å²) in [5.41, 5.74) is 6.66. The van der Waals surface area contributed by atoms with Crippen molar-refractivity contribution in [1.29, 1.82) is 0 Å². The smallest absolute Gasteiger partial charge is 0.376 e. The van der Waals surface area contributed by atoms with Gasteiger partial charge in [0.05, 0.1) is 0 Å². The van der Waals surface area contributed by atoms with Crippen LogP contribution in [0.1, 0.15) is 107 Å². The van der Waals surface area contributed by atoms with Crippen molar-refractivity contribution in [2.45, 2.75) is 113 Å². The SMILES string of the molecule is C=C(C)C(=O)Cl.C=C(C)C(=O)NCCCCC[Si](OCC)(OCC)OCC.C=CCCCN.C=CCCCNC(=O)C(=C)C.CCO[SiH](OCC)OCC. The molecule has 0 aromatic heterocycles. The minimum Gasteiger partial charge on any atom is -0.376 e. The number of hydrogen-bond donors (Lipinski definition) is 3. The minimum absolute atomic E-state index is 0.0611. The Balaban J connectivity index is -0.000000204. The lowest BCUT2D eigenvalue weighted by Crippen LogP contribution is -2.45. The number of amides is 2. The molecule has 0 atom stereocenters. The molecule has 0 aromatic rings. The standard InChI is InChI=1S/C15H31NO4Si.C9H15NO.C6H16O3Si.C5H11N.C4H5ClO/c1-6-18-21(19-7-2,20-8-3)13-11-9-10-12-16-15(17)14(4)5;1-4-5-6-7-10-9(11)8(2)3;1-4-7-10(8-5-2)9-6-3;1-2-3-4-5-6;1-3(2)4(5)6/h4,6-13H2,1-3,5H3,(H,16,17);4H,1-2,5-7H2,3H3,(H,10,11);10H,4-6H2,1-3H3;2H,1,3-6H2;1H2,2H3. The summed E-state index contributed by atoms with van der Waals surface area (Å²) in [6, 6.07) is 0.830. The Morgan fingerprint density at radius 3 is 1.28 bits per heavy atom. The number of allylic oxidation sites excluding steroid dienone is 3. The second-order valence-electron chi connectivity index (χ2n) is 11.2. The zero-order valence-corrected chi connectivity index (χ0v) is 38.3. The second-order valence-corrected chi connectivity index (χ2v) is 15.9. The first-order chi connectivity index (χ1) is 25.6. The van der Waals surface area contributed by atoms with Crippen LogP contribution in [0.3, 0.4) is 0 Å². The number of carbonyl (C=O) groups is 3. The maximum absolute atomic E-state index is 11.3. The molecule has 0 bridgehead atoms. The first-order valence-electron chi connectivity index (χ1n) is 19.0. The zero-order chi connectivity index (χ0) is 42.6. The molecule has 0 aliphatic rings. The number of unbranched alkanes of at least 4 members (excludes halogenated alkanes) is 4. The molecule has 0 aromatic carbocycles. The molecule has 0 radical (unpaired) electrons. The van der Waals surface area contributed by atoms with Gasteiger partial charge < -0.3 is 42.9 Å². The van der Waals surface area contributed by atoms with Crippen molar-refractivity contribution < 1.29 is 40.9 Å². The Morgan fingerprint density at radius 1 is 0.630 bits per heavy atom. The maximum atomic E-state index is 11.3. The molecule has 318 valence electrons. The molecule has 4 N–H and O–H groups in total. The van der Waals surface area contributed by atoms with Crippen molar-refractivity contribution in [3.8, 4) is 0 Å². The van der Waals surface area contributed by atoms with Crippen LogP contribution in [0, 0.1) is 0 Å². The van der Waals surface area contributed by atoms with Crippen LogP contribution in [0.5, 0.6) is 0 Å². The van der Waals surface area contributed by atoms with Crippen molar-refractivity contribution >= 4 is 47.0 Å². The predicted molar refractivity (Wildman–Crippen MR) is 231 cm³/mol. The van der Waals surface area contributed by atoms with Crippen LogP contribution >= 0.6 is 11.6 Å². The normalized spacial score (nSPS) is 10.0. The average Bonchev–Trinajstić information content (AvgIpc) is 3.12. The van der Waals surface area contributed by atoms with Gasteiger partial charge >= 0.3 is 18.3 Å². The number of rotatable bonds is 28. The van der Waals surface area contributed by atoms with Gasteiger partial charge in [-0.25, -0.2) is 0 Å². The summed E-state index contributed by atoms with van der Waals surface area (Å²) in [4.78, 5) is 32.0. The first kappa shape index (κ1) is 61.0. The first-order valence-corrected chi connectivity index (χ1v) is 22.7. The summed E-state index contributed by atoms with van der Waals surface area (Å²) >= 11 is 4.87. The highest BCUT2D eigenvalue weighted by Crippen LogP contribution is 2.19. The monoisotopic (exact) mass is 823 g/mol. The third-order valence-corrected chi connectivity index (χ3v) is 11.3. The molecule has 0 unspecified atom stereocenters. The third kappa shape index (κ3) is 47.8. The van der Waals surface area contributed by atoms with E-state index in [0.29, 0.717) is 69.5 Å². The van der Waals surface area contributed by atoms with Crippen LogP contribution in [-0.4, -0.2) is 94.7 Å². The Bertz CT molecular complexity index is 946. The van der Waals surface area contributed by atoms with Gasteiger partial charge in [0, 0.05) is 75.5 Å². The summed E-state index contributed by atoms with van der Waals surface area (Å²) in [6.45, 7) is 40.3. The van der Waals surface area contributed by atoms with Gasteiger partial charge in [-0.3, -0.25) is 14.4 Å². The predicted octanol–water partition coefficient (Wildman–Crippen LogP) is 7.59. The van der Waals surface area contributed by atoms with Crippen molar-refractivity contribution in [2.24, 2.45) is 5.73 Å². The Morgan fingerprint density at radius 2 is 1.00 bits per heavy atom. The number of nitrogens with two attached hydrogens (primary N) is 1. The zero-order valence-electron chi connectivity index (χ0n) is 35.4. The molecule has 0 heterocycles. The van der Waals surface area contributed by atoms with Crippen LogP contribution in [0.15, 0.2) is 61.8 Å². The van der Waals surface area contributed by atoms with E-state index in [1.807, 2.05) is 53.7 Å². The van der Waals surface area contributed by atoms with E-state index in [2.05, 4.69) is 43.5 Å². The van der Waals surface area contributed by atoms with E-state index in [0.717, 1.165) is 57.5 Å². The van der Waals surface area contributed by atoms with E-state index in [4.69, 9.17) is 43.9 Å². The summed E-state index contributed by atoms with van der Waals surface area (Å²) in [5.74, 6) is -0.134. The Kier molecular flexibility index (Phi) is 53.0. The molecule has 0 saturated heterocycles. The number of halogens is 1. The highest BCUT2D eigenvalue weighted by molar-refractivity contribution is 6.67. The Hall–Kier alpha value is -2.25. The lowest BCUT2D eigenvalue weighted by molar-refractivity contribution is -0.118. The van der Waals surface area contributed by atoms with E-state index in [9.17, 15) is 14.4 Å². The molecule has 0 aliphatic carbocycles. The van der Waals surface area contributed by atoms with Crippen LogP contribution < -0.4 is 16.4 Å². The maximum Gasteiger partial charge on any atom is 0.500 e. The van der Waals surface area contributed by atoms with Gasteiger partial charge in [0.1, 0.15) is 0 Å². The van der Waals surface area contributed by atoms with Gasteiger partial charge in [-0.15, -0.1) is 13.2 Å². The van der Waals surface area contributed by atoms with E-state index in [-0.39, 0.29) is 11.8 Å². The van der Waals surface area contributed by atoms with E-state index >= 15 is 0 Å². The molecule has 0 spiro atoms. The number of nitrogens with one attached hydrogen (secondary N) is 2. The second kappa shape index (κ2) is 46.9. The molecule has 0 aliphatic heterocycles. The third-order valence-electron chi connectivity index (χ3n) is 6.04. The van der Waals surface area contributed by atoms with E-state index < -0.39 is 23.6 Å². The fraction of sp³-hybridized carbons (Fsp3) is 0.667. The molecule has 2 amide bonds. The topological polar surface area (TPSA) is 157 Å². The summed E-state index contributed by atoms with van der Waals surface area (Å²) in [6.07, 6.45) is 10.7. The molecule has 12 nitrogen and oxygen atoms in total. The quantitative estimate of drug-likeness (QED) is 0.0236. The molecule has 0 saturated carbocycles. The Labute approximate surface area is 337 Å². The van der Waals surface area contributed by atoms with Crippen molar-refractivity contribution in [2.75, 3.05) is 59.3 Å². The lowest BCUT2D eigenvalue weighted by atomic mass is 10.2.